The van der Waals surface area contributed by atoms with Crippen molar-refractivity contribution in [3.8, 4) is 45.5 Å². The minimum Gasteiger partial charge on any atom is -0.456 e. The van der Waals surface area contributed by atoms with Gasteiger partial charge >= 0.3 is 0 Å². The molecule has 0 amide bonds. The third-order valence-electron chi connectivity index (χ3n) is 16.9. The van der Waals surface area contributed by atoms with Crippen LogP contribution < -0.4 is 41.4 Å². The zero-order valence-electron chi connectivity index (χ0n) is 47.2. The average molecular weight is 1130 g/mol. The van der Waals surface area contributed by atoms with Crippen LogP contribution >= 0.6 is 0 Å². The fourth-order valence-corrected chi connectivity index (χ4v) is 12.4. The van der Waals surface area contributed by atoms with Crippen molar-refractivity contribution in [1.29, 1.82) is 0 Å². The Morgan fingerprint density at radius 1 is 0.524 bits per heavy atom. The first-order chi connectivity index (χ1) is 41.2. The number of nitrogens with one attached hydrogen (secondary N) is 3. The van der Waals surface area contributed by atoms with Crippen LogP contribution in [0.1, 0.15) is 46.2 Å². The van der Waals surface area contributed by atoms with Gasteiger partial charge in [0.25, 0.3) is 0 Å². The molecule has 2 unspecified atom stereocenters. The van der Waals surface area contributed by atoms with Crippen molar-refractivity contribution in [2.75, 3.05) is 99.6 Å². The van der Waals surface area contributed by atoms with Gasteiger partial charge in [-0.05, 0) is 95.8 Å². The summed E-state index contributed by atoms with van der Waals surface area (Å²) >= 11 is 0. The highest BCUT2D eigenvalue weighted by molar-refractivity contribution is 5.76. The first-order valence-corrected chi connectivity index (χ1v) is 29.6. The number of nitrogens with two attached hydrogens (primary N) is 1. The van der Waals surface area contributed by atoms with Crippen LogP contribution in [0.15, 0.2) is 167 Å². The Bertz CT molecular complexity index is 3720. The number of aliphatic hydroxyl groups excluding tert-OH is 1. The number of aliphatic hydroxyl groups is 1. The summed E-state index contributed by atoms with van der Waals surface area (Å²) < 4.78 is 29.1. The van der Waals surface area contributed by atoms with E-state index in [0.717, 1.165) is 162 Å². The lowest BCUT2D eigenvalue weighted by atomic mass is 9.95. The molecule has 0 aliphatic carbocycles. The maximum Gasteiger partial charge on any atom is 0.250 e. The normalized spacial score (nSPS) is 20.5. The largest absolute Gasteiger partial charge is 0.456 e. The molecule has 9 heterocycles. The van der Waals surface area contributed by atoms with E-state index in [-0.39, 0.29) is 17.2 Å². The highest BCUT2D eigenvalue weighted by Gasteiger charge is 2.43. The predicted molar refractivity (Wildman–Crippen MR) is 329 cm³/mol. The number of anilines is 4. The maximum absolute atomic E-state index is 12.6. The quantitative estimate of drug-likeness (QED) is 0.0644. The number of fused-ring (bicyclic) bond motifs is 5. The Labute approximate surface area is 489 Å². The van der Waals surface area contributed by atoms with Gasteiger partial charge in [-0.1, -0.05) is 84.9 Å². The summed E-state index contributed by atoms with van der Waals surface area (Å²) in [7, 11) is 0. The van der Waals surface area contributed by atoms with Gasteiger partial charge in [0, 0.05) is 135 Å². The number of morpholine rings is 2. The van der Waals surface area contributed by atoms with Crippen LogP contribution in [0.3, 0.4) is 0 Å². The Kier molecular flexibility index (Phi) is 16.3. The molecule has 5 fully saturated rings. The van der Waals surface area contributed by atoms with E-state index >= 15 is 0 Å². The molecule has 8 aromatic rings. The number of hydrogen-bond acceptors (Lipinski definition) is 14. The van der Waals surface area contributed by atoms with Crippen molar-refractivity contribution >= 4 is 22.7 Å². The topological polar surface area (TPSA) is 186 Å². The predicted octanol–water partition coefficient (Wildman–Crippen LogP) is 9.44. The van der Waals surface area contributed by atoms with Crippen LogP contribution in [0, 0.1) is 0 Å². The zero-order valence-corrected chi connectivity index (χ0v) is 47.2. The standard InChI is InChI=1S/C34H36N4O4.C22H21N3O3.C12H15NO/c39-31-22-37(21-23-5-2-1-3-6-23)12-11-29(31)35-26-9-10-32-25(18-26)17-24-7-4-8-28(34(24)42-32)30-19-27(20-33(40)36-30)38-13-15-41-16-14-38;23-16-4-5-20-15(11-16)10-14-2-1-3-18(22(14)28-20)19-12-17(13-21(26)24-19)25-6-8-27-9-7-25;1-2-4-10(5-3-1)8-13-7-6-11-12(9-13)14-11/h1-10,18-20,29,31,35,39H,11-17,21-22H2,(H,36,40);1-5,11-13H,6-10,23H2,(H,24,26);1-5,11-12H,6-9H2/t29-,31-;;/m0../s1. The molecule has 2 aromatic heterocycles. The molecular weight excluding hydrogens is 1060 g/mol. The van der Waals surface area contributed by atoms with Crippen molar-refractivity contribution < 1.29 is 28.8 Å². The van der Waals surface area contributed by atoms with Crippen LogP contribution in [0.5, 0.6) is 23.0 Å². The number of nitrogen functional groups attached to an aromatic ring is 1. The van der Waals surface area contributed by atoms with E-state index < -0.39 is 6.10 Å². The highest BCUT2D eigenvalue weighted by Crippen LogP contribution is 2.45. The van der Waals surface area contributed by atoms with Crippen molar-refractivity contribution in [1.82, 2.24) is 19.8 Å². The lowest BCUT2D eigenvalue weighted by Crippen LogP contribution is -2.49. The van der Waals surface area contributed by atoms with Gasteiger partial charge in [0.05, 0.1) is 62.2 Å². The fourth-order valence-electron chi connectivity index (χ4n) is 12.4. The van der Waals surface area contributed by atoms with Gasteiger partial charge in [-0.3, -0.25) is 19.4 Å². The third-order valence-corrected chi connectivity index (χ3v) is 16.9. The number of likely N-dealkylation sites (tertiary alicyclic amines) is 2. The van der Waals surface area contributed by atoms with Crippen molar-refractivity contribution in [3.05, 3.63) is 212 Å². The fraction of sp³-hybridized carbons (Fsp3) is 0.324. The molecule has 0 bridgehead atoms. The molecule has 6 N–H and O–H groups in total. The smallest absolute Gasteiger partial charge is 0.250 e. The van der Waals surface area contributed by atoms with Crippen LogP contribution in [0.4, 0.5) is 22.7 Å². The zero-order chi connectivity index (χ0) is 56.9. The van der Waals surface area contributed by atoms with Crippen molar-refractivity contribution in [2.45, 2.75) is 63.1 Å². The van der Waals surface area contributed by atoms with E-state index in [2.05, 4.69) is 108 Å². The van der Waals surface area contributed by atoms with E-state index in [4.69, 9.17) is 29.4 Å². The van der Waals surface area contributed by atoms with Crippen LogP contribution in [-0.4, -0.2) is 128 Å². The number of epoxide rings is 1. The van der Waals surface area contributed by atoms with Gasteiger partial charge in [-0.15, -0.1) is 0 Å². The van der Waals surface area contributed by atoms with E-state index in [0.29, 0.717) is 45.2 Å². The molecule has 7 aliphatic heterocycles. The van der Waals surface area contributed by atoms with Crippen LogP contribution in [0.2, 0.25) is 0 Å². The molecule has 16 nitrogen and oxygen atoms in total. The number of β-amino-alcohol motifs (C(OH)–C–C–N with tert-alkyl or cyclic N) is 1. The summed E-state index contributed by atoms with van der Waals surface area (Å²) in [5, 5.41) is 14.5. The SMILES string of the molecule is Nc1ccc2c(c1)Cc1cccc(-c3cc(N4CCOCC4)cc(=O)[nH]3)c1O2.O=c1cc(N2CCOCC2)cc(-c2cccc3c2Oc2ccc(N[C@H]4CCN(Cc5ccccc5)C[C@@H]4O)cc2C3)[nH]1.c1ccc(CN2CCC3OC3C2)cc1. The number of para-hydroxylation sites is 2. The second-order valence-corrected chi connectivity index (χ2v) is 22.8. The number of piperidine rings is 2. The van der Waals surface area contributed by atoms with E-state index in [1.54, 1.807) is 12.1 Å². The first-order valence-electron chi connectivity index (χ1n) is 29.6. The van der Waals surface area contributed by atoms with Gasteiger partial charge in [0.2, 0.25) is 11.1 Å². The number of rotatable bonds is 10. The number of H-pyrrole nitrogens is 2. The van der Waals surface area contributed by atoms with E-state index in [1.807, 2.05) is 72.8 Å². The van der Waals surface area contributed by atoms with Crippen molar-refractivity contribution in [2.24, 2.45) is 0 Å². The highest BCUT2D eigenvalue weighted by atomic mass is 16.6. The number of ether oxygens (including phenoxy) is 5. The second kappa shape index (κ2) is 24.9. The Hall–Kier alpha value is -8.22. The first kappa shape index (κ1) is 55.0. The van der Waals surface area contributed by atoms with E-state index in [9.17, 15) is 14.7 Å². The Morgan fingerprint density at radius 2 is 1.05 bits per heavy atom. The number of aromatic amines is 2. The molecule has 16 heteroatoms. The Morgan fingerprint density at radius 3 is 1.60 bits per heavy atom. The minimum atomic E-state index is -0.451. The molecule has 0 saturated carbocycles. The van der Waals surface area contributed by atoms with Gasteiger partial charge in [0.1, 0.15) is 23.0 Å². The number of hydrogen-bond donors (Lipinski definition) is 5. The van der Waals surface area contributed by atoms with E-state index in [1.165, 1.54) is 24.1 Å². The third kappa shape index (κ3) is 12.9. The summed E-state index contributed by atoms with van der Waals surface area (Å²) in [5.41, 5.74) is 19.4. The van der Waals surface area contributed by atoms with Gasteiger partial charge in [-0.25, -0.2) is 0 Å². The molecule has 4 atom stereocenters. The lowest BCUT2D eigenvalue weighted by molar-refractivity contribution is 0.0562. The second-order valence-electron chi connectivity index (χ2n) is 22.8. The summed E-state index contributed by atoms with van der Waals surface area (Å²) in [4.78, 5) is 40.2. The molecule has 15 rings (SSSR count). The lowest BCUT2D eigenvalue weighted by Gasteiger charge is -2.37. The molecule has 0 radical (unpaired) electrons. The summed E-state index contributed by atoms with van der Waals surface area (Å²) in [6, 6.07) is 52.4. The summed E-state index contributed by atoms with van der Waals surface area (Å²) in [6.07, 6.45) is 4.26. The van der Waals surface area contributed by atoms with Gasteiger partial charge in [-0.2, -0.15) is 0 Å². The van der Waals surface area contributed by atoms with Gasteiger partial charge in [0.15, 0.2) is 0 Å². The monoisotopic (exact) mass is 1130 g/mol. The minimum absolute atomic E-state index is 0.00552. The van der Waals surface area contributed by atoms with Crippen molar-refractivity contribution in [3.63, 3.8) is 0 Å². The molecule has 5 saturated heterocycles. The average Bonchev–Trinajstić information content (AvgIpc) is 4.52. The maximum atomic E-state index is 12.6. The number of pyridine rings is 2. The molecule has 0 spiro atoms. The molecule has 432 valence electrons. The summed E-state index contributed by atoms with van der Waals surface area (Å²) in [6.45, 7) is 11.6. The van der Waals surface area contributed by atoms with Crippen LogP contribution in [0.25, 0.3) is 22.5 Å². The number of nitrogens with zero attached hydrogens (tertiary/aromatic N) is 4. The molecule has 6 aromatic carbocycles. The molecule has 7 aliphatic rings. The molecule has 84 heavy (non-hydrogen) atoms. The number of benzene rings is 6. The van der Waals surface area contributed by atoms with Gasteiger partial charge < -0.3 is 59.6 Å². The summed E-state index contributed by atoms with van der Waals surface area (Å²) in [5.74, 6) is 3.18. The van der Waals surface area contributed by atoms with Crippen LogP contribution in [-0.2, 0) is 40.1 Å². The molecular formula is C68H72N8O8. The number of aromatic nitrogens is 2. The Balaban J connectivity index is 0.000000133.